The molecule has 0 bridgehead atoms. The maximum absolute atomic E-state index is 13.4. The van der Waals surface area contributed by atoms with E-state index in [4.69, 9.17) is 34.8 Å². The van der Waals surface area contributed by atoms with Crippen molar-refractivity contribution in [3.63, 3.8) is 0 Å². The summed E-state index contributed by atoms with van der Waals surface area (Å²) in [4.78, 5) is 27.6. The van der Waals surface area contributed by atoms with Gasteiger partial charge in [-0.05, 0) is 48.7 Å². The lowest BCUT2D eigenvalue weighted by Gasteiger charge is -2.31. The number of sulfonamides is 1. The Morgan fingerprint density at radius 2 is 1.59 bits per heavy atom. The first kappa shape index (κ1) is 28.2. The Balaban J connectivity index is 2.37. The SMILES string of the molecule is CC(C)CNC(=O)[C@@H](C)N(Cc1ccc(Cl)cc1)C(=O)CN(c1ccc(Cl)c(Cl)c1)S(C)(=O)=O. The minimum Gasteiger partial charge on any atom is -0.354 e. The fourth-order valence-electron chi connectivity index (χ4n) is 3.08. The monoisotopic (exact) mass is 547 g/mol. The van der Waals surface area contributed by atoms with Crippen LogP contribution in [0.4, 0.5) is 5.69 Å². The van der Waals surface area contributed by atoms with Gasteiger partial charge in [-0.2, -0.15) is 0 Å². The number of hydrogen-bond acceptors (Lipinski definition) is 4. The minimum atomic E-state index is -3.86. The molecular formula is C23H28Cl3N3O4S. The summed E-state index contributed by atoms with van der Waals surface area (Å²) < 4.78 is 26.0. The lowest BCUT2D eigenvalue weighted by Crippen LogP contribution is -2.51. The number of carbonyl (C=O) groups is 2. The van der Waals surface area contributed by atoms with Crippen molar-refractivity contribution in [3.05, 3.63) is 63.1 Å². The fraction of sp³-hybridized carbons (Fsp3) is 0.391. The minimum absolute atomic E-state index is 0.0885. The van der Waals surface area contributed by atoms with Gasteiger partial charge >= 0.3 is 0 Å². The summed E-state index contributed by atoms with van der Waals surface area (Å²) in [5, 5.41) is 3.76. The number of nitrogens with zero attached hydrogens (tertiary/aromatic N) is 2. The van der Waals surface area contributed by atoms with Crippen molar-refractivity contribution in [2.24, 2.45) is 5.92 Å². The van der Waals surface area contributed by atoms with Crippen LogP contribution < -0.4 is 9.62 Å². The number of carbonyl (C=O) groups excluding carboxylic acids is 2. The highest BCUT2D eigenvalue weighted by molar-refractivity contribution is 7.92. The van der Waals surface area contributed by atoms with Crippen molar-refractivity contribution in [1.29, 1.82) is 0 Å². The van der Waals surface area contributed by atoms with Crippen LogP contribution in [0.5, 0.6) is 0 Å². The molecule has 0 fully saturated rings. The quantitative estimate of drug-likeness (QED) is 0.470. The van der Waals surface area contributed by atoms with Crippen LogP contribution >= 0.6 is 34.8 Å². The summed E-state index contributed by atoms with van der Waals surface area (Å²) in [5.74, 6) is -0.665. The van der Waals surface area contributed by atoms with Gasteiger partial charge in [0.25, 0.3) is 0 Å². The average Bonchev–Trinajstić information content (AvgIpc) is 2.76. The van der Waals surface area contributed by atoms with Crippen LogP contribution in [-0.2, 0) is 26.2 Å². The van der Waals surface area contributed by atoms with Gasteiger partial charge in [-0.3, -0.25) is 13.9 Å². The van der Waals surface area contributed by atoms with Crippen LogP contribution in [0.15, 0.2) is 42.5 Å². The summed E-state index contributed by atoms with van der Waals surface area (Å²) in [5.41, 5.74) is 0.926. The number of hydrogen-bond donors (Lipinski definition) is 1. The van der Waals surface area contributed by atoms with Crippen molar-refractivity contribution >= 4 is 62.3 Å². The number of anilines is 1. The maximum Gasteiger partial charge on any atom is 0.244 e. The Kier molecular flexibility index (Phi) is 10.1. The third-order valence-corrected chi connectivity index (χ3v) is 7.12. The van der Waals surface area contributed by atoms with Crippen molar-refractivity contribution < 1.29 is 18.0 Å². The third kappa shape index (κ3) is 8.05. The zero-order chi connectivity index (χ0) is 25.6. The molecule has 0 saturated heterocycles. The van der Waals surface area contributed by atoms with E-state index in [1.807, 2.05) is 13.8 Å². The molecule has 2 aromatic rings. The summed E-state index contributed by atoms with van der Waals surface area (Å²) >= 11 is 18.0. The summed E-state index contributed by atoms with van der Waals surface area (Å²) in [6.07, 6.45) is 0.991. The number of nitrogens with one attached hydrogen (secondary N) is 1. The Labute approximate surface area is 216 Å². The molecular weight excluding hydrogens is 521 g/mol. The molecule has 0 aromatic heterocycles. The fourth-order valence-corrected chi connectivity index (χ4v) is 4.34. The second kappa shape index (κ2) is 12.1. The molecule has 2 rings (SSSR count). The van der Waals surface area contributed by atoms with E-state index in [1.165, 1.54) is 23.1 Å². The molecule has 2 aromatic carbocycles. The molecule has 34 heavy (non-hydrogen) atoms. The molecule has 1 atom stereocenters. The van der Waals surface area contributed by atoms with Gasteiger partial charge in [-0.25, -0.2) is 8.42 Å². The van der Waals surface area contributed by atoms with Crippen molar-refractivity contribution in [1.82, 2.24) is 10.2 Å². The van der Waals surface area contributed by atoms with E-state index < -0.39 is 28.5 Å². The van der Waals surface area contributed by atoms with Crippen LogP contribution in [0.1, 0.15) is 26.3 Å². The van der Waals surface area contributed by atoms with Crippen molar-refractivity contribution in [3.8, 4) is 0 Å². The van der Waals surface area contributed by atoms with E-state index in [9.17, 15) is 18.0 Å². The van der Waals surface area contributed by atoms with E-state index in [-0.39, 0.29) is 34.1 Å². The molecule has 186 valence electrons. The Hall–Kier alpha value is -2.00. The topological polar surface area (TPSA) is 86.8 Å². The first-order valence-electron chi connectivity index (χ1n) is 10.5. The molecule has 0 aliphatic carbocycles. The molecule has 0 saturated carbocycles. The van der Waals surface area contributed by atoms with Gasteiger partial charge in [0.2, 0.25) is 21.8 Å². The molecule has 1 N–H and O–H groups in total. The van der Waals surface area contributed by atoms with Crippen molar-refractivity contribution in [2.45, 2.75) is 33.4 Å². The molecule has 0 heterocycles. The molecule has 0 unspecified atom stereocenters. The standard InChI is InChI=1S/C23H28Cl3N3O4S/c1-15(2)12-27-23(31)16(3)28(13-17-5-7-18(24)8-6-17)22(30)14-29(34(4,32)33)19-9-10-20(25)21(26)11-19/h5-11,15-16H,12-14H2,1-4H3,(H,27,31)/t16-/m1/s1. The first-order valence-corrected chi connectivity index (χ1v) is 13.5. The molecule has 0 spiro atoms. The van der Waals surface area contributed by atoms with Gasteiger partial charge in [-0.15, -0.1) is 0 Å². The van der Waals surface area contributed by atoms with Crippen LogP contribution in [-0.4, -0.2) is 50.5 Å². The van der Waals surface area contributed by atoms with Crippen LogP contribution in [0.3, 0.4) is 0 Å². The number of halogens is 3. The number of benzene rings is 2. The average molecular weight is 549 g/mol. The lowest BCUT2D eigenvalue weighted by atomic mass is 10.1. The molecule has 0 aliphatic rings. The van der Waals surface area contributed by atoms with Crippen molar-refractivity contribution in [2.75, 3.05) is 23.7 Å². The van der Waals surface area contributed by atoms with Crippen LogP contribution in [0, 0.1) is 5.92 Å². The molecule has 0 radical (unpaired) electrons. The molecule has 0 aliphatic heterocycles. The summed E-state index contributed by atoms with van der Waals surface area (Å²) in [6, 6.07) is 10.3. The van der Waals surface area contributed by atoms with Crippen LogP contribution in [0.2, 0.25) is 15.1 Å². The molecule has 7 nitrogen and oxygen atoms in total. The van der Waals surface area contributed by atoms with E-state index >= 15 is 0 Å². The van der Waals surface area contributed by atoms with Gasteiger partial charge in [0, 0.05) is 18.1 Å². The molecule has 11 heteroatoms. The van der Waals surface area contributed by atoms with E-state index in [0.717, 1.165) is 16.1 Å². The number of amides is 2. The van der Waals surface area contributed by atoms with Gasteiger partial charge in [0.15, 0.2) is 0 Å². The highest BCUT2D eigenvalue weighted by Crippen LogP contribution is 2.28. The summed E-state index contributed by atoms with van der Waals surface area (Å²) in [6.45, 7) is 5.54. The summed E-state index contributed by atoms with van der Waals surface area (Å²) in [7, 11) is -3.86. The first-order chi connectivity index (χ1) is 15.8. The molecule has 2 amide bonds. The van der Waals surface area contributed by atoms with Gasteiger partial charge in [0.1, 0.15) is 12.6 Å². The van der Waals surface area contributed by atoms with E-state index in [2.05, 4.69) is 5.32 Å². The smallest absolute Gasteiger partial charge is 0.244 e. The highest BCUT2D eigenvalue weighted by Gasteiger charge is 2.30. The predicted molar refractivity (Wildman–Crippen MR) is 138 cm³/mol. The van der Waals surface area contributed by atoms with E-state index in [0.29, 0.717) is 11.6 Å². The van der Waals surface area contributed by atoms with Crippen LogP contribution in [0.25, 0.3) is 0 Å². The number of rotatable bonds is 10. The maximum atomic E-state index is 13.4. The normalized spacial score (nSPS) is 12.4. The highest BCUT2D eigenvalue weighted by atomic mass is 35.5. The second-order valence-corrected chi connectivity index (χ2v) is 11.5. The lowest BCUT2D eigenvalue weighted by molar-refractivity contribution is -0.139. The third-order valence-electron chi connectivity index (χ3n) is 4.99. The zero-order valence-corrected chi connectivity index (χ0v) is 22.5. The van der Waals surface area contributed by atoms with Gasteiger partial charge < -0.3 is 10.2 Å². The Morgan fingerprint density at radius 1 is 0.971 bits per heavy atom. The Bertz CT molecular complexity index is 1120. The van der Waals surface area contributed by atoms with E-state index in [1.54, 1.807) is 31.2 Å². The van der Waals surface area contributed by atoms with Gasteiger partial charge in [-0.1, -0.05) is 60.8 Å². The predicted octanol–water partition coefficient (Wildman–Crippen LogP) is 4.60. The van der Waals surface area contributed by atoms with Gasteiger partial charge in [0.05, 0.1) is 22.0 Å². The largest absolute Gasteiger partial charge is 0.354 e. The second-order valence-electron chi connectivity index (χ2n) is 8.33. The Morgan fingerprint density at radius 3 is 2.12 bits per heavy atom. The zero-order valence-electron chi connectivity index (χ0n) is 19.4.